The van der Waals surface area contributed by atoms with E-state index in [1.807, 2.05) is 6.92 Å². The minimum Gasteiger partial charge on any atom is -0.399 e. The third kappa shape index (κ3) is 3.82. The van der Waals surface area contributed by atoms with Crippen LogP contribution in [0.1, 0.15) is 22.8 Å². The second-order valence-corrected chi connectivity index (χ2v) is 4.79. The number of nitrogens with one attached hydrogen (secondary N) is 2. The van der Waals surface area contributed by atoms with Gasteiger partial charge in [0, 0.05) is 29.5 Å². The smallest absolute Gasteiger partial charge is 0.255 e. The van der Waals surface area contributed by atoms with Crippen LogP contribution in [0.5, 0.6) is 0 Å². The largest absolute Gasteiger partial charge is 0.399 e. The van der Waals surface area contributed by atoms with Crippen LogP contribution in [0.2, 0.25) is 0 Å². The second-order valence-electron chi connectivity index (χ2n) is 4.79. The van der Waals surface area contributed by atoms with Crippen molar-refractivity contribution in [3.8, 4) is 0 Å². The van der Waals surface area contributed by atoms with Gasteiger partial charge in [-0.05, 0) is 55.0 Å². The lowest BCUT2D eigenvalue weighted by atomic mass is 10.1. The summed E-state index contributed by atoms with van der Waals surface area (Å²) in [6.07, 6.45) is 0. The summed E-state index contributed by atoms with van der Waals surface area (Å²) in [5, 5.41) is 5.53. The lowest BCUT2D eigenvalue weighted by molar-refractivity contribution is -0.114. The molecule has 0 spiro atoms. The molecule has 21 heavy (non-hydrogen) atoms. The van der Waals surface area contributed by atoms with Crippen molar-refractivity contribution in [2.24, 2.45) is 0 Å². The fourth-order valence-corrected chi connectivity index (χ4v) is 1.91. The summed E-state index contributed by atoms with van der Waals surface area (Å²) >= 11 is 0. The van der Waals surface area contributed by atoms with Gasteiger partial charge in [-0.25, -0.2) is 0 Å². The third-order valence-electron chi connectivity index (χ3n) is 2.97. The van der Waals surface area contributed by atoms with Crippen molar-refractivity contribution < 1.29 is 9.59 Å². The van der Waals surface area contributed by atoms with Crippen LogP contribution in [0, 0.1) is 6.92 Å². The second kappa shape index (κ2) is 6.09. The first-order valence-electron chi connectivity index (χ1n) is 6.51. The fraction of sp³-hybridized carbons (Fsp3) is 0.125. The van der Waals surface area contributed by atoms with Crippen LogP contribution in [0.15, 0.2) is 42.5 Å². The molecule has 2 aromatic carbocycles. The molecule has 2 amide bonds. The number of nitrogens with two attached hydrogens (primary N) is 1. The van der Waals surface area contributed by atoms with Crippen LogP contribution < -0.4 is 16.4 Å². The van der Waals surface area contributed by atoms with Crippen LogP contribution in [0.4, 0.5) is 17.1 Å². The summed E-state index contributed by atoms with van der Waals surface area (Å²) in [5.74, 6) is -0.335. The van der Waals surface area contributed by atoms with Crippen molar-refractivity contribution in [2.75, 3.05) is 16.4 Å². The lowest BCUT2D eigenvalue weighted by Crippen LogP contribution is -2.12. The maximum absolute atomic E-state index is 12.1. The summed E-state index contributed by atoms with van der Waals surface area (Å²) in [5.41, 5.74) is 9.01. The molecule has 2 rings (SSSR count). The number of carbonyl (C=O) groups excluding carboxylic acids is 2. The molecule has 0 aliphatic heterocycles. The molecule has 0 bridgehead atoms. The fourth-order valence-electron chi connectivity index (χ4n) is 1.91. The van der Waals surface area contributed by atoms with Gasteiger partial charge in [0.2, 0.25) is 5.91 Å². The molecule has 5 nitrogen and oxygen atoms in total. The Labute approximate surface area is 123 Å². The van der Waals surface area contributed by atoms with Crippen molar-refractivity contribution >= 4 is 28.9 Å². The van der Waals surface area contributed by atoms with E-state index in [4.69, 9.17) is 5.73 Å². The molecule has 0 aliphatic rings. The minimum atomic E-state index is -0.207. The molecular weight excluding hydrogens is 266 g/mol. The quantitative estimate of drug-likeness (QED) is 0.757. The molecule has 5 heteroatoms. The van der Waals surface area contributed by atoms with Crippen LogP contribution in [-0.4, -0.2) is 11.8 Å². The van der Waals surface area contributed by atoms with Crippen molar-refractivity contribution in [3.63, 3.8) is 0 Å². The average Bonchev–Trinajstić information content (AvgIpc) is 2.42. The summed E-state index contributed by atoms with van der Waals surface area (Å²) in [6.45, 7) is 3.32. The van der Waals surface area contributed by atoms with Gasteiger partial charge >= 0.3 is 0 Å². The molecule has 0 atom stereocenters. The zero-order chi connectivity index (χ0) is 15.4. The van der Waals surface area contributed by atoms with Gasteiger partial charge in [-0.15, -0.1) is 0 Å². The van der Waals surface area contributed by atoms with E-state index in [1.165, 1.54) is 6.92 Å². The highest BCUT2D eigenvalue weighted by Gasteiger charge is 2.07. The zero-order valence-electron chi connectivity index (χ0n) is 11.9. The molecule has 0 unspecified atom stereocenters. The highest BCUT2D eigenvalue weighted by Crippen LogP contribution is 2.20. The first-order chi connectivity index (χ1) is 9.95. The van der Waals surface area contributed by atoms with Crippen molar-refractivity contribution in [2.45, 2.75) is 13.8 Å². The first kappa shape index (κ1) is 14.6. The molecule has 0 saturated heterocycles. The molecule has 4 N–H and O–H groups in total. The molecule has 0 aliphatic carbocycles. The number of rotatable bonds is 3. The van der Waals surface area contributed by atoms with Gasteiger partial charge in [0.05, 0.1) is 0 Å². The van der Waals surface area contributed by atoms with E-state index in [2.05, 4.69) is 10.6 Å². The zero-order valence-corrected chi connectivity index (χ0v) is 11.9. The van der Waals surface area contributed by atoms with Gasteiger partial charge in [0.1, 0.15) is 0 Å². The highest BCUT2D eigenvalue weighted by atomic mass is 16.2. The van der Waals surface area contributed by atoms with Crippen molar-refractivity contribution in [1.29, 1.82) is 0 Å². The predicted octanol–water partition coefficient (Wildman–Crippen LogP) is 2.79. The Bertz CT molecular complexity index is 678. The number of amides is 2. The maximum atomic E-state index is 12.1. The van der Waals surface area contributed by atoms with E-state index < -0.39 is 0 Å². The van der Waals surface area contributed by atoms with E-state index in [0.717, 1.165) is 11.3 Å². The topological polar surface area (TPSA) is 84.2 Å². The van der Waals surface area contributed by atoms with Gasteiger partial charge < -0.3 is 16.4 Å². The van der Waals surface area contributed by atoms with Gasteiger partial charge in [-0.1, -0.05) is 0 Å². The summed E-state index contributed by atoms with van der Waals surface area (Å²) < 4.78 is 0. The predicted molar refractivity (Wildman–Crippen MR) is 84.3 cm³/mol. The maximum Gasteiger partial charge on any atom is 0.255 e. The molecule has 0 aromatic heterocycles. The monoisotopic (exact) mass is 283 g/mol. The Balaban J connectivity index is 2.12. The van der Waals surface area contributed by atoms with Crippen LogP contribution >= 0.6 is 0 Å². The molecular formula is C16H17N3O2. The molecule has 0 fully saturated rings. The van der Waals surface area contributed by atoms with Gasteiger partial charge in [0.15, 0.2) is 0 Å². The van der Waals surface area contributed by atoms with E-state index in [1.54, 1.807) is 42.5 Å². The number of hydrogen-bond donors (Lipinski definition) is 3. The van der Waals surface area contributed by atoms with E-state index in [9.17, 15) is 9.59 Å². The van der Waals surface area contributed by atoms with Crippen molar-refractivity contribution in [1.82, 2.24) is 0 Å². The summed E-state index contributed by atoms with van der Waals surface area (Å²) in [6, 6.07) is 12.0. The third-order valence-corrected chi connectivity index (χ3v) is 2.97. The van der Waals surface area contributed by atoms with E-state index in [0.29, 0.717) is 16.9 Å². The number of benzene rings is 2. The number of carbonyl (C=O) groups is 2. The molecule has 108 valence electrons. The van der Waals surface area contributed by atoms with E-state index >= 15 is 0 Å². The molecule has 0 saturated carbocycles. The average molecular weight is 283 g/mol. The van der Waals surface area contributed by atoms with Gasteiger partial charge in [0.25, 0.3) is 5.91 Å². The first-order valence-corrected chi connectivity index (χ1v) is 6.51. The van der Waals surface area contributed by atoms with Crippen LogP contribution in [0.25, 0.3) is 0 Å². The molecule has 0 radical (unpaired) electrons. The standard InChI is InChI=1S/C16H17N3O2/c1-10-9-14(7-8-15(10)18-11(2)20)19-16(21)12-3-5-13(17)6-4-12/h3-9H,17H2,1-2H3,(H,18,20)(H,19,21). The number of nitrogen functional groups attached to an aromatic ring is 1. The summed E-state index contributed by atoms with van der Waals surface area (Å²) in [4.78, 5) is 23.1. The number of aryl methyl sites for hydroxylation is 1. The van der Waals surface area contributed by atoms with Crippen LogP contribution in [0.3, 0.4) is 0 Å². The Morgan fingerprint density at radius 1 is 1.00 bits per heavy atom. The van der Waals surface area contributed by atoms with Gasteiger partial charge in [-0.3, -0.25) is 9.59 Å². The lowest BCUT2D eigenvalue weighted by Gasteiger charge is -2.10. The number of hydrogen-bond acceptors (Lipinski definition) is 3. The van der Waals surface area contributed by atoms with Gasteiger partial charge in [-0.2, -0.15) is 0 Å². The van der Waals surface area contributed by atoms with Crippen molar-refractivity contribution in [3.05, 3.63) is 53.6 Å². The van der Waals surface area contributed by atoms with Crippen LogP contribution in [-0.2, 0) is 4.79 Å². The normalized spacial score (nSPS) is 10.0. The number of anilines is 3. The Morgan fingerprint density at radius 3 is 2.24 bits per heavy atom. The van der Waals surface area contributed by atoms with E-state index in [-0.39, 0.29) is 11.8 Å². The molecule has 2 aromatic rings. The highest BCUT2D eigenvalue weighted by molar-refractivity contribution is 6.04. The Hall–Kier alpha value is -2.82. The summed E-state index contributed by atoms with van der Waals surface area (Å²) in [7, 11) is 0. The minimum absolute atomic E-state index is 0.128. The molecule has 0 heterocycles. The Morgan fingerprint density at radius 2 is 1.67 bits per heavy atom. The Kier molecular flexibility index (Phi) is 4.23. The SMILES string of the molecule is CC(=O)Nc1ccc(NC(=O)c2ccc(N)cc2)cc1C.